The van der Waals surface area contributed by atoms with E-state index in [1.807, 2.05) is 12.1 Å². The van der Waals surface area contributed by atoms with Gasteiger partial charge in [-0.3, -0.25) is 0 Å². The normalized spacial score (nSPS) is 10.6. The molecule has 18 heavy (non-hydrogen) atoms. The summed E-state index contributed by atoms with van der Waals surface area (Å²) < 4.78 is 0. The summed E-state index contributed by atoms with van der Waals surface area (Å²) in [5.74, 6) is 5.60. The zero-order valence-corrected chi connectivity index (χ0v) is 11.5. The van der Waals surface area contributed by atoms with Gasteiger partial charge in [0.05, 0.1) is 0 Å². The Hall–Kier alpha value is -1.34. The van der Waals surface area contributed by atoms with E-state index in [1.54, 1.807) is 0 Å². The fourth-order valence-electron chi connectivity index (χ4n) is 1.65. The molecule has 0 saturated heterocycles. The van der Waals surface area contributed by atoms with Crippen molar-refractivity contribution in [2.45, 2.75) is 6.54 Å². The SMILES string of the molecule is CN(C)CCN(C)Cc1cccc(C#CCO)c1. The molecule has 1 aromatic rings. The van der Waals surface area contributed by atoms with Crippen LogP contribution in [0.5, 0.6) is 0 Å². The summed E-state index contributed by atoms with van der Waals surface area (Å²) in [6.45, 7) is 2.93. The van der Waals surface area contributed by atoms with Gasteiger partial charge in [-0.2, -0.15) is 0 Å². The summed E-state index contributed by atoms with van der Waals surface area (Å²) in [6, 6.07) is 8.16. The van der Waals surface area contributed by atoms with E-state index in [-0.39, 0.29) is 6.61 Å². The van der Waals surface area contributed by atoms with Crippen molar-refractivity contribution >= 4 is 0 Å². The average molecular weight is 246 g/mol. The van der Waals surface area contributed by atoms with Crippen molar-refractivity contribution in [3.63, 3.8) is 0 Å². The fraction of sp³-hybridized carbons (Fsp3) is 0.467. The van der Waals surface area contributed by atoms with E-state index in [9.17, 15) is 0 Å². The number of aliphatic hydroxyl groups is 1. The molecular weight excluding hydrogens is 224 g/mol. The van der Waals surface area contributed by atoms with Gasteiger partial charge in [-0.15, -0.1) is 0 Å². The number of hydrogen-bond acceptors (Lipinski definition) is 3. The van der Waals surface area contributed by atoms with Crippen LogP contribution >= 0.6 is 0 Å². The number of benzene rings is 1. The Balaban J connectivity index is 2.56. The lowest BCUT2D eigenvalue weighted by Gasteiger charge is -2.19. The Bertz CT molecular complexity index is 418. The first kappa shape index (κ1) is 14.7. The molecule has 0 atom stereocenters. The van der Waals surface area contributed by atoms with Crippen LogP contribution in [0, 0.1) is 11.8 Å². The van der Waals surface area contributed by atoms with Crippen LogP contribution < -0.4 is 0 Å². The van der Waals surface area contributed by atoms with Gasteiger partial charge in [-0.1, -0.05) is 24.0 Å². The third-order valence-electron chi connectivity index (χ3n) is 2.62. The maximum atomic E-state index is 8.68. The second kappa shape index (κ2) is 7.88. The smallest absolute Gasteiger partial charge is 0.104 e. The first-order chi connectivity index (χ1) is 8.61. The fourth-order valence-corrected chi connectivity index (χ4v) is 1.65. The number of hydrogen-bond donors (Lipinski definition) is 1. The lowest BCUT2D eigenvalue weighted by molar-refractivity contribution is 0.276. The molecule has 0 aliphatic carbocycles. The van der Waals surface area contributed by atoms with Gasteiger partial charge in [0.1, 0.15) is 6.61 Å². The molecule has 0 bridgehead atoms. The van der Waals surface area contributed by atoms with Crippen molar-refractivity contribution in [1.82, 2.24) is 9.80 Å². The van der Waals surface area contributed by atoms with E-state index in [1.165, 1.54) is 5.56 Å². The molecule has 0 saturated carbocycles. The third-order valence-corrected chi connectivity index (χ3v) is 2.62. The van der Waals surface area contributed by atoms with Crippen molar-refractivity contribution in [2.24, 2.45) is 0 Å². The van der Waals surface area contributed by atoms with Crippen molar-refractivity contribution in [3.05, 3.63) is 35.4 Å². The quantitative estimate of drug-likeness (QED) is 0.786. The minimum Gasteiger partial charge on any atom is -0.384 e. The van der Waals surface area contributed by atoms with Crippen LogP contribution in [0.25, 0.3) is 0 Å². The van der Waals surface area contributed by atoms with Gasteiger partial charge < -0.3 is 14.9 Å². The molecule has 0 unspecified atom stereocenters. The molecule has 0 aromatic heterocycles. The Morgan fingerprint density at radius 1 is 1.17 bits per heavy atom. The summed E-state index contributed by atoms with van der Waals surface area (Å²) in [5, 5.41) is 8.68. The molecule has 1 N–H and O–H groups in total. The van der Waals surface area contributed by atoms with Crippen LogP contribution in [0.1, 0.15) is 11.1 Å². The molecule has 0 amide bonds. The van der Waals surface area contributed by atoms with Gasteiger partial charge >= 0.3 is 0 Å². The summed E-state index contributed by atoms with van der Waals surface area (Å²) in [6.07, 6.45) is 0. The second-order valence-electron chi connectivity index (χ2n) is 4.70. The molecule has 1 rings (SSSR count). The van der Waals surface area contributed by atoms with Crippen molar-refractivity contribution in [2.75, 3.05) is 40.8 Å². The molecule has 3 nitrogen and oxygen atoms in total. The topological polar surface area (TPSA) is 26.7 Å². The van der Waals surface area contributed by atoms with Crippen molar-refractivity contribution < 1.29 is 5.11 Å². The highest BCUT2D eigenvalue weighted by Gasteiger charge is 2.01. The first-order valence-electron chi connectivity index (χ1n) is 6.14. The lowest BCUT2D eigenvalue weighted by atomic mass is 10.1. The highest BCUT2D eigenvalue weighted by atomic mass is 16.2. The third kappa shape index (κ3) is 5.83. The standard InChI is InChI=1S/C15H22N2O/c1-16(2)9-10-17(3)13-15-7-4-6-14(12-15)8-5-11-18/h4,6-7,12,18H,9-11,13H2,1-3H3. The van der Waals surface area contributed by atoms with Gasteiger partial charge in [0.2, 0.25) is 0 Å². The first-order valence-corrected chi connectivity index (χ1v) is 6.14. The van der Waals surface area contributed by atoms with Crippen LogP contribution in [-0.4, -0.2) is 55.7 Å². The van der Waals surface area contributed by atoms with E-state index in [0.717, 1.165) is 25.2 Å². The highest BCUT2D eigenvalue weighted by molar-refractivity contribution is 5.37. The molecule has 0 spiro atoms. The van der Waals surface area contributed by atoms with Crippen LogP contribution in [0.2, 0.25) is 0 Å². The monoisotopic (exact) mass is 246 g/mol. The van der Waals surface area contributed by atoms with E-state index >= 15 is 0 Å². The van der Waals surface area contributed by atoms with Crippen LogP contribution in [-0.2, 0) is 6.54 Å². The van der Waals surface area contributed by atoms with Gasteiger partial charge in [-0.05, 0) is 38.8 Å². The van der Waals surface area contributed by atoms with Crippen molar-refractivity contribution in [3.8, 4) is 11.8 Å². The highest BCUT2D eigenvalue weighted by Crippen LogP contribution is 2.06. The predicted molar refractivity (Wildman–Crippen MR) is 75.3 cm³/mol. The molecule has 0 heterocycles. The molecule has 1 aromatic carbocycles. The summed E-state index contributed by atoms with van der Waals surface area (Å²) in [5.41, 5.74) is 2.21. The summed E-state index contributed by atoms with van der Waals surface area (Å²) in [4.78, 5) is 4.47. The molecule has 98 valence electrons. The number of likely N-dealkylation sites (N-methyl/N-ethyl adjacent to an activating group) is 2. The Morgan fingerprint density at radius 2 is 1.94 bits per heavy atom. The zero-order valence-electron chi connectivity index (χ0n) is 11.5. The minimum absolute atomic E-state index is 0.0903. The number of nitrogens with zero attached hydrogens (tertiary/aromatic N) is 2. The zero-order chi connectivity index (χ0) is 13.4. The summed E-state index contributed by atoms with van der Waals surface area (Å²) in [7, 11) is 6.29. The van der Waals surface area contributed by atoms with Crippen molar-refractivity contribution in [1.29, 1.82) is 0 Å². The van der Waals surface area contributed by atoms with E-state index in [4.69, 9.17) is 5.11 Å². The predicted octanol–water partition coefficient (Wildman–Crippen LogP) is 1.02. The summed E-state index contributed by atoms with van der Waals surface area (Å²) >= 11 is 0. The largest absolute Gasteiger partial charge is 0.384 e. The Kier molecular flexibility index (Phi) is 6.45. The maximum absolute atomic E-state index is 8.68. The number of aliphatic hydroxyl groups excluding tert-OH is 1. The van der Waals surface area contributed by atoms with E-state index < -0.39 is 0 Å². The number of rotatable bonds is 5. The van der Waals surface area contributed by atoms with E-state index in [0.29, 0.717) is 0 Å². The molecule has 3 heteroatoms. The maximum Gasteiger partial charge on any atom is 0.104 e. The molecule has 0 aliphatic rings. The van der Waals surface area contributed by atoms with E-state index in [2.05, 4.69) is 54.9 Å². The second-order valence-corrected chi connectivity index (χ2v) is 4.70. The van der Waals surface area contributed by atoms with Crippen LogP contribution in [0.4, 0.5) is 0 Å². The molecule has 0 aliphatic heterocycles. The Labute approximate surface area is 110 Å². The van der Waals surface area contributed by atoms with Gasteiger partial charge in [0, 0.05) is 25.2 Å². The molecule has 0 fully saturated rings. The average Bonchev–Trinajstić information content (AvgIpc) is 2.34. The van der Waals surface area contributed by atoms with Gasteiger partial charge in [0.15, 0.2) is 0 Å². The van der Waals surface area contributed by atoms with Gasteiger partial charge in [0.25, 0.3) is 0 Å². The van der Waals surface area contributed by atoms with Gasteiger partial charge in [-0.25, -0.2) is 0 Å². The minimum atomic E-state index is -0.0903. The molecular formula is C15H22N2O. The van der Waals surface area contributed by atoms with Crippen LogP contribution in [0.3, 0.4) is 0 Å². The van der Waals surface area contributed by atoms with Crippen LogP contribution in [0.15, 0.2) is 24.3 Å². The lowest BCUT2D eigenvalue weighted by Crippen LogP contribution is -2.28. The Morgan fingerprint density at radius 3 is 2.61 bits per heavy atom. The molecule has 0 radical (unpaired) electrons.